The highest BCUT2D eigenvalue weighted by molar-refractivity contribution is 8.00. The first-order chi connectivity index (χ1) is 36.4. The summed E-state index contributed by atoms with van der Waals surface area (Å²) in [4.78, 5) is 22.2. The molecule has 0 spiro atoms. The fraction of sp³-hybridized carbons (Fsp3) is 0.706. The molecule has 7 atom stereocenters. The zero-order chi connectivity index (χ0) is 57.0. The molecule has 2 N–H and O–H groups in total. The Morgan fingerprint density at radius 1 is 0.592 bits per heavy atom. The number of rotatable bonds is 17. The molecule has 0 heterocycles. The van der Waals surface area contributed by atoms with Crippen LogP contribution in [0.25, 0.3) is 21.5 Å². The molecule has 5 nitrogen and oxygen atoms in total. The van der Waals surface area contributed by atoms with Crippen LogP contribution in [-0.2, 0) is 15.5 Å². The fourth-order valence-electron chi connectivity index (χ4n) is 10.4. The summed E-state index contributed by atoms with van der Waals surface area (Å²) < 4.78 is 17.5. The van der Waals surface area contributed by atoms with Crippen LogP contribution in [0.4, 0.5) is 0 Å². The van der Waals surface area contributed by atoms with Gasteiger partial charge in [-0.15, -0.1) is 0 Å². The van der Waals surface area contributed by atoms with Crippen LogP contribution in [0.1, 0.15) is 245 Å². The topological polar surface area (TPSA) is 68.2 Å². The Morgan fingerprint density at radius 2 is 1.12 bits per heavy atom. The van der Waals surface area contributed by atoms with E-state index in [0.717, 1.165) is 77.4 Å². The second-order valence-corrected chi connectivity index (χ2v) is 26.1. The molecule has 0 amide bonds. The van der Waals surface area contributed by atoms with E-state index >= 15 is 0 Å². The number of hydrogen-bond donors (Lipinski definition) is 2. The Balaban J connectivity index is 0.000000572. The maximum Gasteiger partial charge on any atom is 0.394 e. The van der Waals surface area contributed by atoms with Crippen LogP contribution in [0.3, 0.4) is 0 Å². The van der Waals surface area contributed by atoms with Gasteiger partial charge in [0.1, 0.15) is 5.75 Å². The van der Waals surface area contributed by atoms with Crippen molar-refractivity contribution in [2.24, 2.45) is 47.3 Å². The fourth-order valence-corrected chi connectivity index (χ4v) is 13.2. The van der Waals surface area contributed by atoms with Gasteiger partial charge in [-0.05, 0) is 120 Å². The zero-order valence-electron chi connectivity index (χ0n) is 52.3. The van der Waals surface area contributed by atoms with Crippen molar-refractivity contribution in [3.63, 3.8) is 0 Å². The van der Waals surface area contributed by atoms with E-state index in [9.17, 15) is 4.89 Å². The van der Waals surface area contributed by atoms with Crippen molar-refractivity contribution in [3.8, 4) is 5.75 Å². The van der Waals surface area contributed by atoms with E-state index in [-0.39, 0.29) is 12.2 Å². The normalized spacial score (nSPS) is 20.4. The average molecular weight is 1110 g/mol. The van der Waals surface area contributed by atoms with Crippen molar-refractivity contribution in [1.29, 1.82) is 0 Å². The van der Waals surface area contributed by atoms with Gasteiger partial charge in [-0.2, -0.15) is 0 Å². The van der Waals surface area contributed by atoms with E-state index in [1.807, 2.05) is 26.8 Å². The molecule has 0 saturated heterocycles. The van der Waals surface area contributed by atoms with Crippen molar-refractivity contribution in [2.75, 3.05) is 6.66 Å². The van der Waals surface area contributed by atoms with Crippen LogP contribution in [0.2, 0.25) is 0 Å². The molecule has 3 aliphatic carbocycles. The summed E-state index contributed by atoms with van der Waals surface area (Å²) in [5, 5.41) is 4.77. The number of fused-ring (bicyclic) bond motifs is 2. The smallest absolute Gasteiger partial charge is 0.394 e. The van der Waals surface area contributed by atoms with Crippen molar-refractivity contribution >= 4 is 50.3 Å². The van der Waals surface area contributed by atoms with Gasteiger partial charge in [-0.3, -0.25) is 4.52 Å². The van der Waals surface area contributed by atoms with Crippen molar-refractivity contribution in [2.45, 2.75) is 268 Å². The van der Waals surface area contributed by atoms with Gasteiger partial charge in [0.05, 0.1) is 17.1 Å². The summed E-state index contributed by atoms with van der Waals surface area (Å²) in [6.45, 7) is 39.3. The average Bonchev–Trinajstić information content (AvgIpc) is 3.41. The molecule has 436 valence electrons. The highest BCUT2D eigenvalue weighted by Gasteiger charge is 2.26. The molecule has 76 heavy (non-hydrogen) atoms. The van der Waals surface area contributed by atoms with Crippen LogP contribution < -0.4 is 4.52 Å². The second-order valence-electron chi connectivity index (χ2n) is 23.1. The minimum atomic E-state index is -2.01. The predicted octanol–water partition coefficient (Wildman–Crippen LogP) is 23.6. The summed E-state index contributed by atoms with van der Waals surface area (Å²) in [6, 6.07) is 25.5. The maximum atomic E-state index is 10.8. The van der Waals surface area contributed by atoms with Gasteiger partial charge in [-0.25, -0.2) is 0 Å². The minimum absolute atomic E-state index is 0.0700. The standard InChI is InChI=1S/C30H33O3PS.C10H20.C9H21O2P.C9H18.C5H12.C3H8.C2H6/c1-3-9-24-17-16-22-11-4-6-14-26(22)29(24)35-30-27-15-7-5-12-23(27)18-19-28(30)33-34(31)32-25-13-8-10-21(2)20-25;1-8(2)10-6-4-9(3)5-7-10;1-6-7(2)8(3)9(4)11-12(5)10;1-8(2)9-6-4-3-5-7-9;1-3-5-4-2;1-3-2;1-2/h4-7,11-12,14-19,21,25,31H,3,8-10,13,20H2,1-2H3;8-10H,4-7H2,1-3H3;7-10H,6H2,1-5H3;8-9H,3-7H2,1-2H3;3-5H2,1-2H3;3H2,1-2H3;1-2H3. The van der Waals surface area contributed by atoms with Gasteiger partial charge in [0.25, 0.3) is 0 Å². The van der Waals surface area contributed by atoms with E-state index in [0.29, 0.717) is 23.5 Å². The first-order valence-electron chi connectivity index (χ1n) is 31.1. The number of unbranched alkanes of at least 4 members (excludes halogenated alkanes) is 2. The van der Waals surface area contributed by atoms with Gasteiger partial charge in [0, 0.05) is 11.6 Å². The summed E-state index contributed by atoms with van der Waals surface area (Å²) in [5.74, 6) is 7.46. The molecule has 7 unspecified atom stereocenters. The Labute approximate surface area is 477 Å². The molecule has 3 saturated carbocycles. The van der Waals surface area contributed by atoms with Crippen LogP contribution in [-0.4, -0.2) is 28.7 Å². The molecule has 4 aromatic rings. The largest absolute Gasteiger partial charge is 0.426 e. The second kappa shape index (κ2) is 43.0. The minimum Gasteiger partial charge on any atom is -0.426 e. The number of benzene rings is 4. The molecular formula is C68H118O5P2S. The summed E-state index contributed by atoms with van der Waals surface area (Å²) >= 11 is 1.75. The molecule has 0 aromatic heterocycles. The quantitative estimate of drug-likeness (QED) is 0.103. The molecule has 7 rings (SSSR count). The lowest BCUT2D eigenvalue weighted by Crippen LogP contribution is -2.22. The zero-order valence-corrected chi connectivity index (χ0v) is 54.9. The molecule has 8 heteroatoms. The van der Waals surface area contributed by atoms with Gasteiger partial charge >= 0.3 is 8.60 Å². The lowest BCUT2D eigenvalue weighted by atomic mass is 9.78. The van der Waals surface area contributed by atoms with Gasteiger partial charge in [0.2, 0.25) is 0 Å². The van der Waals surface area contributed by atoms with E-state index in [2.05, 4.69) is 164 Å². The summed E-state index contributed by atoms with van der Waals surface area (Å²) in [5.41, 5.74) is 1.34. The lowest BCUT2D eigenvalue weighted by Gasteiger charge is -2.28. The van der Waals surface area contributed by atoms with E-state index in [4.69, 9.17) is 18.5 Å². The summed E-state index contributed by atoms with van der Waals surface area (Å²) in [7, 11) is -3.21. The summed E-state index contributed by atoms with van der Waals surface area (Å²) in [6.07, 6.45) is 26.6. The van der Waals surface area contributed by atoms with Crippen molar-refractivity contribution in [1.82, 2.24) is 0 Å². The monoisotopic (exact) mass is 1110 g/mol. The number of aryl methyl sites for hydroxylation is 1. The molecule has 3 aliphatic rings. The molecule has 0 aliphatic heterocycles. The van der Waals surface area contributed by atoms with Crippen LogP contribution in [0.5, 0.6) is 5.75 Å². The van der Waals surface area contributed by atoms with Crippen molar-refractivity contribution in [3.05, 3.63) is 78.4 Å². The highest BCUT2D eigenvalue weighted by atomic mass is 32.2. The van der Waals surface area contributed by atoms with Gasteiger partial charge in [0.15, 0.2) is 8.38 Å². The molecule has 3 fully saturated rings. The first-order valence-corrected chi connectivity index (χ1v) is 34.7. The Hall–Kier alpha value is -1.75. The SMILES string of the molecule is CC.CC(C)C1CCCCC1.CC1CCC(C(C)C)CC1.CCC.CCC(C)C(C)C(C)OP(C)O.CCCCC.CCCc1ccc2ccccc2c1Sc1c(OP(O)OC2CCCC(C)C2)ccc2ccccc12. The third kappa shape index (κ3) is 28.6. The van der Waals surface area contributed by atoms with Gasteiger partial charge < -0.3 is 18.8 Å². The van der Waals surface area contributed by atoms with Crippen molar-refractivity contribution < 1.29 is 23.4 Å². The Morgan fingerprint density at radius 3 is 1.59 bits per heavy atom. The van der Waals surface area contributed by atoms with Crippen LogP contribution in [0, 0.1) is 47.3 Å². The van der Waals surface area contributed by atoms with Gasteiger partial charge in [-0.1, -0.05) is 286 Å². The third-order valence-electron chi connectivity index (χ3n) is 15.7. The number of hydrogen-bond acceptors (Lipinski definition) is 6. The Kier molecular flexibility index (Phi) is 40.9. The van der Waals surface area contributed by atoms with E-state index < -0.39 is 17.0 Å². The third-order valence-corrected chi connectivity index (χ3v) is 18.5. The maximum absolute atomic E-state index is 10.8. The molecule has 0 radical (unpaired) electrons. The molecular weight excluding hydrogens is 991 g/mol. The van der Waals surface area contributed by atoms with Crippen LogP contribution in [0.15, 0.2) is 82.6 Å². The molecule has 4 aromatic carbocycles. The lowest BCUT2D eigenvalue weighted by molar-refractivity contribution is 0.114. The predicted molar refractivity (Wildman–Crippen MR) is 342 cm³/mol. The van der Waals surface area contributed by atoms with E-state index in [1.165, 1.54) is 118 Å². The Bertz CT molecular complexity index is 2010. The highest BCUT2D eigenvalue weighted by Crippen LogP contribution is 2.49. The van der Waals surface area contributed by atoms with Crippen LogP contribution >= 0.6 is 28.7 Å². The first kappa shape index (κ1) is 72.3. The molecule has 0 bridgehead atoms. The van der Waals surface area contributed by atoms with E-state index in [1.54, 1.807) is 18.4 Å².